The molecule has 0 N–H and O–H groups in total. The van der Waals surface area contributed by atoms with E-state index in [0.29, 0.717) is 30.4 Å². The van der Waals surface area contributed by atoms with Crippen LogP contribution in [0.4, 0.5) is 4.79 Å². The molecule has 0 aromatic heterocycles. The lowest BCUT2D eigenvalue weighted by atomic mass is 10.0. The number of carbonyl (C=O) groups excluding carboxylic acids is 3. The predicted octanol–water partition coefficient (Wildman–Crippen LogP) is 4.29. The first-order valence-electron chi connectivity index (χ1n) is 10.3. The lowest BCUT2D eigenvalue weighted by Crippen LogP contribution is -2.40. The lowest BCUT2D eigenvalue weighted by molar-refractivity contribution is -0.135. The molecule has 3 amide bonds. The number of imide groups is 1. The van der Waals surface area contributed by atoms with Gasteiger partial charge in [0.25, 0.3) is 11.1 Å². The molecular weight excluding hydrogens is 400 g/mol. The topological polar surface area (TPSA) is 66.9 Å². The van der Waals surface area contributed by atoms with Gasteiger partial charge in [0, 0.05) is 18.7 Å². The lowest BCUT2D eigenvalue weighted by Gasteiger charge is -2.18. The van der Waals surface area contributed by atoms with Crippen molar-refractivity contribution in [3.8, 4) is 5.75 Å². The summed E-state index contributed by atoms with van der Waals surface area (Å²) in [5.74, 6) is 0.0793. The second-order valence-corrected chi connectivity index (χ2v) is 8.40. The molecule has 2 aromatic rings. The van der Waals surface area contributed by atoms with Crippen molar-refractivity contribution in [1.29, 1.82) is 0 Å². The van der Waals surface area contributed by atoms with Crippen molar-refractivity contribution in [3.63, 3.8) is 0 Å². The summed E-state index contributed by atoms with van der Waals surface area (Å²) in [6, 6.07) is 11.7. The number of rotatable bonds is 6. The zero-order valence-electron chi connectivity index (χ0n) is 16.9. The van der Waals surface area contributed by atoms with Crippen LogP contribution in [0.5, 0.6) is 5.75 Å². The molecule has 2 aliphatic rings. The van der Waals surface area contributed by atoms with E-state index < -0.39 is 11.1 Å². The predicted molar refractivity (Wildman–Crippen MR) is 118 cm³/mol. The van der Waals surface area contributed by atoms with E-state index in [9.17, 15) is 14.4 Å². The normalized spacial score (nSPS) is 18.1. The van der Waals surface area contributed by atoms with Gasteiger partial charge in [0.2, 0.25) is 5.91 Å². The number of nitrogens with zero attached hydrogens (tertiary/aromatic N) is 2. The zero-order chi connectivity index (χ0) is 21.1. The SMILES string of the molecule is CCCOc1ccc2ccccc2c1/C=C1\SC(=O)N(CC(=O)N2CCCC2)C1=O. The van der Waals surface area contributed by atoms with Crippen LogP contribution in [0.15, 0.2) is 41.3 Å². The van der Waals surface area contributed by atoms with Crippen molar-refractivity contribution >= 4 is 45.7 Å². The van der Waals surface area contributed by atoms with E-state index in [0.717, 1.165) is 52.3 Å². The van der Waals surface area contributed by atoms with Gasteiger partial charge in [-0.1, -0.05) is 37.3 Å². The van der Waals surface area contributed by atoms with Crippen molar-refractivity contribution in [2.24, 2.45) is 0 Å². The van der Waals surface area contributed by atoms with Gasteiger partial charge in [-0.2, -0.15) is 0 Å². The Morgan fingerprint density at radius 3 is 2.67 bits per heavy atom. The van der Waals surface area contributed by atoms with Gasteiger partial charge in [0.1, 0.15) is 12.3 Å². The van der Waals surface area contributed by atoms with Crippen LogP contribution in [0.2, 0.25) is 0 Å². The van der Waals surface area contributed by atoms with Gasteiger partial charge >= 0.3 is 0 Å². The molecule has 0 aliphatic carbocycles. The third kappa shape index (κ3) is 4.07. The molecule has 2 aliphatic heterocycles. The van der Waals surface area contributed by atoms with E-state index in [1.807, 2.05) is 43.3 Å². The average molecular weight is 425 g/mol. The van der Waals surface area contributed by atoms with Gasteiger partial charge in [-0.05, 0) is 53.9 Å². The number of thioether (sulfide) groups is 1. The van der Waals surface area contributed by atoms with Crippen LogP contribution in [0.1, 0.15) is 31.7 Å². The first-order valence-corrected chi connectivity index (χ1v) is 11.1. The second kappa shape index (κ2) is 8.92. The van der Waals surface area contributed by atoms with Crippen LogP contribution in [0, 0.1) is 0 Å². The summed E-state index contributed by atoms with van der Waals surface area (Å²) in [6.45, 7) is 3.78. The summed E-state index contributed by atoms with van der Waals surface area (Å²) in [6.07, 6.45) is 4.52. The zero-order valence-corrected chi connectivity index (χ0v) is 17.7. The molecule has 0 radical (unpaired) electrons. The molecule has 7 heteroatoms. The minimum atomic E-state index is -0.424. The molecular formula is C23H24N2O4S. The monoisotopic (exact) mass is 424 g/mol. The molecule has 30 heavy (non-hydrogen) atoms. The second-order valence-electron chi connectivity index (χ2n) is 7.40. The fourth-order valence-corrected chi connectivity index (χ4v) is 4.55. The molecule has 2 saturated heterocycles. The van der Waals surface area contributed by atoms with Crippen molar-refractivity contribution in [1.82, 2.24) is 9.80 Å². The Hall–Kier alpha value is -2.80. The Kier molecular flexibility index (Phi) is 6.08. The van der Waals surface area contributed by atoms with Crippen molar-refractivity contribution < 1.29 is 19.1 Å². The number of hydrogen-bond acceptors (Lipinski definition) is 5. The molecule has 0 atom stereocenters. The number of likely N-dealkylation sites (tertiary alicyclic amines) is 1. The van der Waals surface area contributed by atoms with Crippen molar-refractivity contribution in [2.75, 3.05) is 26.2 Å². The Labute approximate surface area is 179 Å². The molecule has 2 heterocycles. The number of fused-ring (bicyclic) bond motifs is 1. The summed E-state index contributed by atoms with van der Waals surface area (Å²) in [5, 5.41) is 1.57. The highest BCUT2D eigenvalue weighted by molar-refractivity contribution is 8.18. The molecule has 0 saturated carbocycles. The largest absolute Gasteiger partial charge is 0.493 e. The van der Waals surface area contributed by atoms with Crippen molar-refractivity contribution in [2.45, 2.75) is 26.2 Å². The maximum atomic E-state index is 12.9. The smallest absolute Gasteiger partial charge is 0.294 e. The minimum absolute atomic E-state index is 0.173. The standard InChI is InChI=1S/C23H24N2O4S/c1-2-13-29-19-10-9-16-7-3-4-8-17(16)18(19)14-20-22(27)25(23(28)30-20)15-21(26)24-11-5-6-12-24/h3-4,7-10,14H,2,5-6,11-13,15H2,1H3/b20-14-. The third-order valence-corrected chi connectivity index (χ3v) is 6.20. The van der Waals surface area contributed by atoms with Crippen LogP contribution in [-0.4, -0.2) is 53.1 Å². The van der Waals surface area contributed by atoms with E-state index in [4.69, 9.17) is 4.74 Å². The minimum Gasteiger partial charge on any atom is -0.493 e. The fraction of sp³-hybridized carbons (Fsp3) is 0.348. The third-order valence-electron chi connectivity index (χ3n) is 5.29. The maximum absolute atomic E-state index is 12.9. The number of carbonyl (C=O) groups is 3. The summed E-state index contributed by atoms with van der Waals surface area (Å²) in [7, 11) is 0. The van der Waals surface area contributed by atoms with Crippen LogP contribution in [0.3, 0.4) is 0 Å². The number of benzene rings is 2. The molecule has 0 unspecified atom stereocenters. The molecule has 4 rings (SSSR count). The van der Waals surface area contributed by atoms with Gasteiger partial charge in [-0.3, -0.25) is 19.3 Å². The van der Waals surface area contributed by atoms with E-state index in [-0.39, 0.29) is 12.5 Å². The molecule has 0 spiro atoms. The van der Waals surface area contributed by atoms with Crippen LogP contribution < -0.4 is 4.74 Å². The van der Waals surface area contributed by atoms with Crippen LogP contribution >= 0.6 is 11.8 Å². The van der Waals surface area contributed by atoms with E-state index in [1.54, 1.807) is 11.0 Å². The van der Waals surface area contributed by atoms with Crippen LogP contribution in [-0.2, 0) is 9.59 Å². The number of hydrogen-bond donors (Lipinski definition) is 0. The van der Waals surface area contributed by atoms with E-state index in [2.05, 4.69) is 0 Å². The first-order chi connectivity index (χ1) is 14.6. The molecule has 0 bridgehead atoms. The van der Waals surface area contributed by atoms with Crippen LogP contribution in [0.25, 0.3) is 16.8 Å². The highest BCUT2D eigenvalue weighted by Crippen LogP contribution is 2.37. The van der Waals surface area contributed by atoms with Gasteiger partial charge in [-0.25, -0.2) is 0 Å². The highest BCUT2D eigenvalue weighted by atomic mass is 32.2. The number of amides is 3. The Bertz CT molecular complexity index is 1030. The summed E-state index contributed by atoms with van der Waals surface area (Å²) < 4.78 is 5.90. The molecule has 156 valence electrons. The molecule has 6 nitrogen and oxygen atoms in total. The van der Waals surface area contributed by atoms with Gasteiger partial charge in [-0.15, -0.1) is 0 Å². The summed E-state index contributed by atoms with van der Waals surface area (Å²) >= 11 is 0.875. The first kappa shape index (κ1) is 20.5. The highest BCUT2D eigenvalue weighted by Gasteiger charge is 2.37. The number of ether oxygens (including phenoxy) is 1. The van der Waals surface area contributed by atoms with Crippen molar-refractivity contribution in [3.05, 3.63) is 46.9 Å². The Balaban J connectivity index is 1.64. The summed E-state index contributed by atoms with van der Waals surface area (Å²) in [4.78, 5) is 40.9. The maximum Gasteiger partial charge on any atom is 0.294 e. The molecule has 2 aromatic carbocycles. The molecule has 2 fully saturated rings. The van der Waals surface area contributed by atoms with E-state index in [1.165, 1.54) is 0 Å². The summed E-state index contributed by atoms with van der Waals surface area (Å²) in [5.41, 5.74) is 0.776. The quantitative estimate of drug-likeness (QED) is 0.648. The fourth-order valence-electron chi connectivity index (χ4n) is 3.73. The Morgan fingerprint density at radius 2 is 1.90 bits per heavy atom. The van der Waals surface area contributed by atoms with Gasteiger partial charge in [0.05, 0.1) is 11.5 Å². The van der Waals surface area contributed by atoms with Gasteiger partial charge < -0.3 is 9.64 Å². The van der Waals surface area contributed by atoms with E-state index >= 15 is 0 Å². The Morgan fingerprint density at radius 1 is 1.13 bits per heavy atom. The van der Waals surface area contributed by atoms with Gasteiger partial charge in [0.15, 0.2) is 0 Å². The average Bonchev–Trinajstić information content (AvgIpc) is 3.38.